The summed E-state index contributed by atoms with van der Waals surface area (Å²) < 4.78 is 0. The summed E-state index contributed by atoms with van der Waals surface area (Å²) in [4.78, 5) is 9.73. The van der Waals surface area contributed by atoms with Gasteiger partial charge in [-0.25, -0.2) is 4.99 Å². The van der Waals surface area contributed by atoms with Crippen LogP contribution in [-0.4, -0.2) is 36.2 Å². The van der Waals surface area contributed by atoms with Crippen molar-refractivity contribution in [3.05, 3.63) is 48.3 Å². The summed E-state index contributed by atoms with van der Waals surface area (Å²) >= 11 is 0. The maximum absolute atomic E-state index is 4.69. The number of hydrogen-bond acceptors (Lipinski definition) is 5. The third-order valence-corrected chi connectivity index (χ3v) is 6.74. The normalized spacial score (nSPS) is 25.0. The first-order chi connectivity index (χ1) is 14.4. The monoisotopic (exact) mass is 391 g/mol. The van der Waals surface area contributed by atoms with E-state index in [4.69, 9.17) is 0 Å². The molecular weight excluding hydrogens is 358 g/mol. The van der Waals surface area contributed by atoms with E-state index < -0.39 is 0 Å². The first kappa shape index (κ1) is 18.6. The molecule has 1 saturated carbocycles. The van der Waals surface area contributed by atoms with Crippen molar-refractivity contribution in [1.29, 1.82) is 0 Å². The molecule has 1 aromatic carbocycles. The Labute approximate surface area is 174 Å². The molecule has 4 aliphatic rings. The van der Waals surface area contributed by atoms with Crippen LogP contribution in [0.5, 0.6) is 0 Å². The molecule has 3 heterocycles. The Morgan fingerprint density at radius 2 is 1.83 bits per heavy atom. The van der Waals surface area contributed by atoms with E-state index in [-0.39, 0.29) is 6.17 Å². The van der Waals surface area contributed by atoms with Gasteiger partial charge in [0.15, 0.2) is 0 Å². The summed E-state index contributed by atoms with van der Waals surface area (Å²) in [5.74, 6) is 0.852. The Kier molecular flexibility index (Phi) is 5.46. The Morgan fingerprint density at radius 3 is 2.69 bits per heavy atom. The minimum absolute atomic E-state index is 0.230. The maximum atomic E-state index is 4.69. The van der Waals surface area contributed by atoms with Crippen molar-refractivity contribution < 1.29 is 0 Å². The lowest BCUT2D eigenvalue weighted by molar-refractivity contribution is 0.164. The molecule has 0 aromatic heterocycles. The van der Waals surface area contributed by atoms with E-state index in [1.807, 2.05) is 0 Å². The number of piperidine rings is 1. The highest BCUT2D eigenvalue weighted by Crippen LogP contribution is 2.30. The molecule has 0 spiro atoms. The van der Waals surface area contributed by atoms with Gasteiger partial charge in [0, 0.05) is 36.7 Å². The van der Waals surface area contributed by atoms with Crippen LogP contribution in [0, 0.1) is 0 Å². The minimum atomic E-state index is 0.230. The van der Waals surface area contributed by atoms with E-state index in [1.54, 1.807) is 0 Å². The molecule has 5 nitrogen and oxygen atoms in total. The van der Waals surface area contributed by atoms with Crippen molar-refractivity contribution in [2.24, 2.45) is 4.99 Å². The van der Waals surface area contributed by atoms with Gasteiger partial charge in [-0.1, -0.05) is 31.4 Å². The first-order valence-corrected chi connectivity index (χ1v) is 11.5. The number of hydrogen-bond donors (Lipinski definition) is 2. The maximum Gasteiger partial charge on any atom is 0.202 e. The lowest BCUT2D eigenvalue weighted by atomic mass is 9.92. The second-order valence-corrected chi connectivity index (χ2v) is 8.78. The van der Waals surface area contributed by atoms with E-state index in [0.717, 1.165) is 18.1 Å². The van der Waals surface area contributed by atoms with Gasteiger partial charge < -0.3 is 20.4 Å². The Balaban J connectivity index is 1.29. The molecular formula is C24H33N5. The van der Waals surface area contributed by atoms with E-state index in [1.165, 1.54) is 75.7 Å². The number of guanidine groups is 1. The lowest BCUT2D eigenvalue weighted by Crippen LogP contribution is -2.55. The number of nitrogens with zero attached hydrogens (tertiary/aromatic N) is 3. The van der Waals surface area contributed by atoms with Gasteiger partial charge in [-0.15, -0.1) is 0 Å². The first-order valence-electron chi connectivity index (χ1n) is 11.5. The predicted molar refractivity (Wildman–Crippen MR) is 121 cm³/mol. The van der Waals surface area contributed by atoms with Crippen LogP contribution in [0.4, 0.5) is 11.4 Å². The zero-order valence-electron chi connectivity index (χ0n) is 17.3. The molecule has 1 saturated heterocycles. The number of anilines is 2. The average molecular weight is 392 g/mol. The molecule has 3 aliphatic heterocycles. The SMILES string of the molecule is C1=CN(C2CCCCC2)C2NC(Nc3cccc(N4CCCCC4)c3)=NC=C2C1. The summed E-state index contributed by atoms with van der Waals surface area (Å²) in [7, 11) is 0. The van der Waals surface area contributed by atoms with Crippen LogP contribution in [0.15, 0.2) is 53.3 Å². The molecule has 2 fully saturated rings. The van der Waals surface area contributed by atoms with E-state index in [0.29, 0.717) is 6.04 Å². The van der Waals surface area contributed by atoms with E-state index >= 15 is 0 Å². The second-order valence-electron chi connectivity index (χ2n) is 8.78. The van der Waals surface area contributed by atoms with Crippen LogP contribution in [-0.2, 0) is 0 Å². The highest BCUT2D eigenvalue weighted by atomic mass is 15.3. The number of aliphatic imine (C=N–C) groups is 1. The molecule has 2 N–H and O–H groups in total. The molecule has 29 heavy (non-hydrogen) atoms. The van der Waals surface area contributed by atoms with Gasteiger partial charge in [0.05, 0.1) is 0 Å². The fraction of sp³-hybridized carbons (Fsp3) is 0.542. The summed E-state index contributed by atoms with van der Waals surface area (Å²) in [6.45, 7) is 2.33. The quantitative estimate of drug-likeness (QED) is 0.776. The van der Waals surface area contributed by atoms with Crippen molar-refractivity contribution in [2.75, 3.05) is 23.3 Å². The molecule has 5 heteroatoms. The van der Waals surface area contributed by atoms with Crippen molar-refractivity contribution >= 4 is 17.3 Å². The fourth-order valence-corrected chi connectivity index (χ4v) is 5.15. The van der Waals surface area contributed by atoms with Gasteiger partial charge in [0.25, 0.3) is 0 Å². The zero-order valence-corrected chi connectivity index (χ0v) is 17.3. The molecule has 0 radical (unpaired) electrons. The highest BCUT2D eigenvalue weighted by molar-refractivity contribution is 5.95. The second kappa shape index (κ2) is 8.52. The predicted octanol–water partition coefficient (Wildman–Crippen LogP) is 4.81. The number of benzene rings is 1. The standard InChI is InChI=1S/C24H33N5/c1-3-11-21(12-4-1)29-16-8-9-19-18-25-24(27-23(19)29)26-20-10-7-13-22(17-20)28-14-5-2-6-15-28/h7-8,10,13,16-18,21,23H,1-6,9,11-12,14-15H2,(H2,25,26,27). The molecule has 1 aromatic rings. The van der Waals surface area contributed by atoms with Crippen LogP contribution in [0.3, 0.4) is 0 Å². The molecule has 0 bridgehead atoms. The van der Waals surface area contributed by atoms with Crippen LogP contribution in [0.2, 0.25) is 0 Å². The molecule has 0 amide bonds. The molecule has 1 unspecified atom stereocenters. The van der Waals surface area contributed by atoms with Crippen LogP contribution in [0.1, 0.15) is 57.8 Å². The van der Waals surface area contributed by atoms with Gasteiger partial charge in [-0.05, 0) is 68.5 Å². The van der Waals surface area contributed by atoms with Crippen molar-refractivity contribution in [2.45, 2.75) is 70.0 Å². The number of allylic oxidation sites excluding steroid dienone is 1. The smallest absolute Gasteiger partial charge is 0.202 e. The summed E-state index contributed by atoms with van der Waals surface area (Å²) in [6.07, 6.45) is 18.5. The zero-order chi connectivity index (χ0) is 19.5. The summed E-state index contributed by atoms with van der Waals surface area (Å²) in [5, 5.41) is 7.22. The third kappa shape index (κ3) is 4.14. The number of nitrogens with one attached hydrogen (secondary N) is 2. The highest BCUT2D eigenvalue weighted by Gasteiger charge is 2.31. The average Bonchev–Trinajstić information content (AvgIpc) is 2.80. The van der Waals surface area contributed by atoms with Gasteiger partial charge >= 0.3 is 0 Å². The lowest BCUT2D eigenvalue weighted by Gasteiger charge is -2.43. The molecule has 154 valence electrons. The van der Waals surface area contributed by atoms with Gasteiger partial charge in [-0.2, -0.15) is 0 Å². The third-order valence-electron chi connectivity index (χ3n) is 6.74. The Bertz CT molecular complexity index is 799. The minimum Gasteiger partial charge on any atom is -0.371 e. The van der Waals surface area contributed by atoms with Crippen molar-refractivity contribution in [1.82, 2.24) is 10.2 Å². The van der Waals surface area contributed by atoms with E-state index in [9.17, 15) is 0 Å². The Morgan fingerprint density at radius 1 is 1.00 bits per heavy atom. The molecule has 5 rings (SSSR count). The molecule has 1 aliphatic carbocycles. The largest absolute Gasteiger partial charge is 0.371 e. The fourth-order valence-electron chi connectivity index (χ4n) is 5.15. The summed E-state index contributed by atoms with van der Waals surface area (Å²) in [5.41, 5.74) is 3.78. The van der Waals surface area contributed by atoms with Crippen LogP contribution >= 0.6 is 0 Å². The number of rotatable bonds is 3. The van der Waals surface area contributed by atoms with Gasteiger partial charge in [0.2, 0.25) is 5.96 Å². The van der Waals surface area contributed by atoms with Gasteiger partial charge in [-0.3, -0.25) is 0 Å². The topological polar surface area (TPSA) is 42.9 Å². The van der Waals surface area contributed by atoms with Crippen molar-refractivity contribution in [3.8, 4) is 0 Å². The van der Waals surface area contributed by atoms with Crippen molar-refractivity contribution in [3.63, 3.8) is 0 Å². The van der Waals surface area contributed by atoms with Gasteiger partial charge in [0.1, 0.15) is 6.17 Å². The number of fused-ring (bicyclic) bond motifs is 1. The van der Waals surface area contributed by atoms with Crippen LogP contribution in [0.25, 0.3) is 0 Å². The van der Waals surface area contributed by atoms with Crippen LogP contribution < -0.4 is 15.5 Å². The molecule has 1 atom stereocenters. The Hall–Kier alpha value is -2.43. The van der Waals surface area contributed by atoms with E-state index in [2.05, 4.69) is 68.2 Å². The summed E-state index contributed by atoms with van der Waals surface area (Å²) in [6, 6.07) is 9.41.